The van der Waals surface area contributed by atoms with Gasteiger partial charge < -0.3 is 10.4 Å². The van der Waals surface area contributed by atoms with Gasteiger partial charge in [0.2, 0.25) is 0 Å². The van der Waals surface area contributed by atoms with Gasteiger partial charge in [0.25, 0.3) is 0 Å². The minimum absolute atomic E-state index is 0.0569. The van der Waals surface area contributed by atoms with Crippen molar-refractivity contribution in [3.63, 3.8) is 0 Å². The Morgan fingerprint density at radius 1 is 1.20 bits per heavy atom. The van der Waals surface area contributed by atoms with E-state index < -0.39 is 0 Å². The van der Waals surface area contributed by atoms with Crippen molar-refractivity contribution in [3.05, 3.63) is 64.8 Å². The Morgan fingerprint density at radius 2 is 2.03 bits per heavy atom. The number of hydrogen-bond acceptors (Lipinski definition) is 6. The van der Waals surface area contributed by atoms with Gasteiger partial charge in [-0.3, -0.25) is 14.1 Å². The summed E-state index contributed by atoms with van der Waals surface area (Å²) in [5.41, 5.74) is 2.54. The highest BCUT2D eigenvalue weighted by Gasteiger charge is 2.31. The molecule has 0 spiro atoms. The van der Waals surface area contributed by atoms with Crippen molar-refractivity contribution in [2.75, 3.05) is 5.32 Å². The summed E-state index contributed by atoms with van der Waals surface area (Å²) in [6.07, 6.45) is 5.00. The van der Waals surface area contributed by atoms with Gasteiger partial charge in [0.05, 0.1) is 0 Å². The van der Waals surface area contributed by atoms with Crippen molar-refractivity contribution in [2.45, 2.75) is 38.9 Å². The molecule has 8 heteroatoms. The lowest BCUT2D eigenvalue weighted by Crippen LogP contribution is -2.32. The molecule has 0 bridgehead atoms. The molecule has 4 heterocycles. The van der Waals surface area contributed by atoms with E-state index in [4.69, 9.17) is 4.98 Å². The average Bonchev–Trinajstić information content (AvgIpc) is 3.38. The number of phenolic OH excluding ortho intramolecular Hbond substituents is 1. The van der Waals surface area contributed by atoms with Gasteiger partial charge in [-0.15, -0.1) is 0 Å². The molecule has 1 atom stereocenters. The highest BCUT2D eigenvalue weighted by atomic mass is 16.3. The van der Waals surface area contributed by atoms with Crippen LogP contribution in [-0.2, 0) is 19.5 Å². The first kappa shape index (κ1) is 18.4. The Bertz CT molecular complexity index is 1210. The SMILES string of the molecule is CCCn1c2nc(-c3cccnc3)nc-2c2n(c1=O)C[C@@H](Cc1ccc(O)cc1)N2. The van der Waals surface area contributed by atoms with Crippen LogP contribution >= 0.6 is 0 Å². The second-order valence-corrected chi connectivity index (χ2v) is 7.57. The van der Waals surface area contributed by atoms with Crippen LogP contribution < -0.4 is 11.0 Å². The second kappa shape index (κ2) is 7.29. The number of phenols is 1. The summed E-state index contributed by atoms with van der Waals surface area (Å²) >= 11 is 0. The largest absolute Gasteiger partial charge is 0.508 e. The highest BCUT2D eigenvalue weighted by Crippen LogP contribution is 2.33. The Balaban J connectivity index is 1.57. The third-order valence-electron chi connectivity index (χ3n) is 5.38. The number of nitrogens with one attached hydrogen (secondary N) is 1. The van der Waals surface area contributed by atoms with Crippen LogP contribution in [0.3, 0.4) is 0 Å². The van der Waals surface area contributed by atoms with E-state index in [9.17, 15) is 9.90 Å². The first-order valence-corrected chi connectivity index (χ1v) is 10.1. The zero-order chi connectivity index (χ0) is 20.7. The number of pyridine rings is 1. The Labute approximate surface area is 173 Å². The number of nitrogens with zero attached hydrogens (tertiary/aromatic N) is 5. The first-order valence-electron chi connectivity index (χ1n) is 10.1. The van der Waals surface area contributed by atoms with E-state index in [2.05, 4.69) is 15.3 Å². The fraction of sp³-hybridized carbons (Fsp3) is 0.273. The van der Waals surface area contributed by atoms with Crippen LogP contribution in [0.1, 0.15) is 18.9 Å². The monoisotopic (exact) mass is 402 g/mol. The summed E-state index contributed by atoms with van der Waals surface area (Å²) in [7, 11) is 0. The summed E-state index contributed by atoms with van der Waals surface area (Å²) in [6.45, 7) is 3.19. The summed E-state index contributed by atoms with van der Waals surface area (Å²) in [5, 5.41) is 13.0. The summed E-state index contributed by atoms with van der Waals surface area (Å²) in [4.78, 5) is 26.8. The Hall–Kier alpha value is -3.68. The van der Waals surface area contributed by atoms with Crippen LogP contribution in [0.5, 0.6) is 5.75 Å². The molecule has 5 rings (SSSR count). The first-order chi connectivity index (χ1) is 14.6. The highest BCUT2D eigenvalue weighted by molar-refractivity contribution is 5.73. The van der Waals surface area contributed by atoms with Crippen LogP contribution in [-0.4, -0.2) is 35.2 Å². The summed E-state index contributed by atoms with van der Waals surface area (Å²) < 4.78 is 3.49. The number of imidazole rings is 1. The molecule has 8 nitrogen and oxygen atoms in total. The van der Waals surface area contributed by atoms with Gasteiger partial charge in [-0.25, -0.2) is 14.8 Å². The molecule has 0 saturated carbocycles. The Morgan fingerprint density at radius 3 is 2.77 bits per heavy atom. The van der Waals surface area contributed by atoms with Crippen molar-refractivity contribution in [3.8, 4) is 28.7 Å². The molecule has 2 N–H and O–H groups in total. The van der Waals surface area contributed by atoms with E-state index >= 15 is 0 Å². The number of rotatable bonds is 5. The van der Waals surface area contributed by atoms with Gasteiger partial charge in [0.1, 0.15) is 17.3 Å². The molecule has 3 aliphatic rings. The van der Waals surface area contributed by atoms with Gasteiger partial charge in [-0.1, -0.05) is 19.1 Å². The fourth-order valence-electron chi connectivity index (χ4n) is 4.00. The van der Waals surface area contributed by atoms with Crippen LogP contribution in [0.25, 0.3) is 22.9 Å². The van der Waals surface area contributed by atoms with E-state index in [0.29, 0.717) is 36.3 Å². The molecule has 1 aromatic heterocycles. The van der Waals surface area contributed by atoms with Crippen molar-refractivity contribution < 1.29 is 5.11 Å². The minimum atomic E-state index is -0.0716. The van der Waals surface area contributed by atoms with E-state index in [1.807, 2.05) is 31.2 Å². The number of benzene rings is 1. The van der Waals surface area contributed by atoms with Crippen molar-refractivity contribution >= 4 is 5.82 Å². The molecule has 1 aromatic carbocycles. The van der Waals surface area contributed by atoms with E-state index in [0.717, 1.165) is 24.0 Å². The molecule has 0 unspecified atom stereocenters. The molecular formula is C22H22N6O2. The minimum Gasteiger partial charge on any atom is -0.508 e. The third kappa shape index (κ3) is 3.10. The summed E-state index contributed by atoms with van der Waals surface area (Å²) in [5.74, 6) is 2.13. The second-order valence-electron chi connectivity index (χ2n) is 7.57. The third-order valence-corrected chi connectivity index (χ3v) is 5.38. The van der Waals surface area contributed by atoms with Crippen LogP contribution in [0.2, 0.25) is 0 Å². The average molecular weight is 402 g/mol. The molecule has 3 aliphatic heterocycles. The molecule has 2 aromatic rings. The number of anilines is 1. The zero-order valence-corrected chi connectivity index (χ0v) is 16.6. The standard InChI is InChI=1S/C22H22N6O2/c1-2-10-27-21-18(25-19(26-21)15-4-3-9-23-12-15)20-24-16(13-28(20)22(27)30)11-14-5-7-17(29)8-6-14/h3-9,12,16,24,29H,2,10-11,13H2,1H3/t16-/m1/s1. The van der Waals surface area contributed by atoms with E-state index in [1.54, 1.807) is 33.7 Å². The lowest BCUT2D eigenvalue weighted by Gasteiger charge is -2.13. The topological polar surface area (TPSA) is 97.9 Å². The number of aromatic hydroxyl groups is 1. The van der Waals surface area contributed by atoms with Gasteiger partial charge in [-0.05, 0) is 42.7 Å². The van der Waals surface area contributed by atoms with E-state index in [-0.39, 0.29) is 17.5 Å². The molecular weight excluding hydrogens is 380 g/mol. The maximum Gasteiger partial charge on any atom is 0.331 e. The maximum atomic E-state index is 13.2. The molecule has 0 radical (unpaired) electrons. The van der Waals surface area contributed by atoms with Crippen LogP contribution in [0.15, 0.2) is 53.6 Å². The number of hydrogen-bond donors (Lipinski definition) is 2. The van der Waals surface area contributed by atoms with Gasteiger partial charge >= 0.3 is 5.69 Å². The molecule has 0 amide bonds. The molecule has 0 aliphatic carbocycles. The van der Waals surface area contributed by atoms with Crippen molar-refractivity contribution in [1.82, 2.24) is 24.1 Å². The smallest absolute Gasteiger partial charge is 0.331 e. The molecule has 30 heavy (non-hydrogen) atoms. The quantitative estimate of drug-likeness (QED) is 0.533. The maximum absolute atomic E-state index is 13.2. The molecule has 0 fully saturated rings. The zero-order valence-electron chi connectivity index (χ0n) is 16.6. The predicted molar refractivity (Wildman–Crippen MR) is 114 cm³/mol. The molecule has 152 valence electrons. The normalized spacial score (nSPS) is 15.3. The molecule has 0 saturated heterocycles. The van der Waals surface area contributed by atoms with Gasteiger partial charge in [-0.2, -0.15) is 0 Å². The van der Waals surface area contributed by atoms with E-state index in [1.165, 1.54) is 0 Å². The number of fused-ring (bicyclic) bond motifs is 3. The van der Waals surface area contributed by atoms with Crippen LogP contribution in [0.4, 0.5) is 5.82 Å². The van der Waals surface area contributed by atoms with Crippen molar-refractivity contribution in [1.29, 1.82) is 0 Å². The lowest BCUT2D eigenvalue weighted by atomic mass is 10.1. The Kier molecular flexibility index (Phi) is 4.46. The van der Waals surface area contributed by atoms with Crippen molar-refractivity contribution in [2.24, 2.45) is 0 Å². The fourth-order valence-corrected chi connectivity index (χ4v) is 4.00. The van der Waals surface area contributed by atoms with Gasteiger partial charge in [0, 0.05) is 37.1 Å². The lowest BCUT2D eigenvalue weighted by molar-refractivity contribution is 0.475. The summed E-state index contributed by atoms with van der Waals surface area (Å²) in [6, 6.07) is 11.0. The van der Waals surface area contributed by atoms with Crippen LogP contribution in [0, 0.1) is 0 Å². The van der Waals surface area contributed by atoms with Gasteiger partial charge in [0.15, 0.2) is 11.6 Å². The number of aromatic nitrogens is 5. The predicted octanol–water partition coefficient (Wildman–Crippen LogP) is 2.76.